The predicted molar refractivity (Wildman–Crippen MR) is 86.7 cm³/mol. The predicted octanol–water partition coefficient (Wildman–Crippen LogP) is 3.28. The molecule has 6 heteroatoms. The molecule has 22 heavy (non-hydrogen) atoms. The van der Waals surface area contributed by atoms with Gasteiger partial charge >= 0.3 is 0 Å². The number of fused-ring (bicyclic) bond motifs is 1. The van der Waals surface area contributed by atoms with E-state index in [4.69, 9.17) is 11.6 Å². The largest absolute Gasteiger partial charge is 0.388 e. The minimum Gasteiger partial charge on any atom is -0.388 e. The minimum atomic E-state index is -3.76. The first-order valence-electron chi connectivity index (χ1n) is 6.98. The number of halogens is 1. The molecule has 2 aromatic carbocycles. The highest BCUT2D eigenvalue weighted by Gasteiger charge is 2.34. The van der Waals surface area contributed by atoms with Gasteiger partial charge in [-0.2, -0.15) is 0 Å². The lowest BCUT2D eigenvalue weighted by atomic mass is 9.98. The molecule has 0 radical (unpaired) electrons. The lowest BCUT2D eigenvalue weighted by Gasteiger charge is -2.34. The van der Waals surface area contributed by atoms with Crippen LogP contribution < -0.4 is 4.31 Å². The molecule has 1 N–H and O–H groups in total. The van der Waals surface area contributed by atoms with Gasteiger partial charge in [0.2, 0.25) is 0 Å². The summed E-state index contributed by atoms with van der Waals surface area (Å²) in [5, 5.41) is 10.3. The third-order valence-corrected chi connectivity index (χ3v) is 6.19. The quantitative estimate of drug-likeness (QED) is 0.915. The van der Waals surface area contributed by atoms with Gasteiger partial charge in [-0.05, 0) is 31.0 Å². The molecule has 0 saturated carbocycles. The van der Waals surface area contributed by atoms with Gasteiger partial charge in [-0.3, -0.25) is 4.31 Å². The van der Waals surface area contributed by atoms with E-state index in [-0.39, 0.29) is 16.5 Å². The summed E-state index contributed by atoms with van der Waals surface area (Å²) in [6.07, 6.45) is -0.284. The van der Waals surface area contributed by atoms with Crippen LogP contribution in [0.2, 0.25) is 5.02 Å². The van der Waals surface area contributed by atoms with Gasteiger partial charge in [0.15, 0.2) is 0 Å². The Hall–Kier alpha value is -1.56. The number of aryl methyl sites for hydroxylation is 1. The molecule has 1 aliphatic rings. The van der Waals surface area contributed by atoms with Gasteiger partial charge in [0.25, 0.3) is 10.0 Å². The van der Waals surface area contributed by atoms with E-state index < -0.39 is 16.1 Å². The summed E-state index contributed by atoms with van der Waals surface area (Å²) in [7, 11) is -3.76. The molecular formula is C16H16ClNO3S. The van der Waals surface area contributed by atoms with E-state index in [1.807, 2.05) is 19.1 Å². The first-order chi connectivity index (χ1) is 10.4. The molecule has 1 atom stereocenters. The van der Waals surface area contributed by atoms with Gasteiger partial charge in [0.1, 0.15) is 4.90 Å². The Kier molecular flexibility index (Phi) is 3.89. The van der Waals surface area contributed by atoms with Crippen molar-refractivity contribution < 1.29 is 13.5 Å². The van der Waals surface area contributed by atoms with Crippen molar-refractivity contribution in [2.24, 2.45) is 0 Å². The van der Waals surface area contributed by atoms with E-state index in [2.05, 4.69) is 0 Å². The number of anilines is 1. The van der Waals surface area contributed by atoms with Crippen LogP contribution in [0, 0.1) is 6.92 Å². The lowest BCUT2D eigenvalue weighted by molar-refractivity contribution is 0.166. The van der Waals surface area contributed by atoms with Gasteiger partial charge in [-0.25, -0.2) is 8.42 Å². The topological polar surface area (TPSA) is 57.6 Å². The first kappa shape index (κ1) is 15.3. The van der Waals surface area contributed by atoms with E-state index in [0.29, 0.717) is 17.7 Å². The van der Waals surface area contributed by atoms with E-state index >= 15 is 0 Å². The van der Waals surface area contributed by atoms with Crippen LogP contribution in [-0.2, 0) is 10.0 Å². The molecule has 0 bridgehead atoms. The molecule has 0 aliphatic carbocycles. The first-order valence-corrected chi connectivity index (χ1v) is 8.79. The second kappa shape index (κ2) is 5.57. The number of nitrogens with zero attached hydrogens (tertiary/aromatic N) is 1. The van der Waals surface area contributed by atoms with Crippen molar-refractivity contribution in [3.05, 3.63) is 58.6 Å². The fourth-order valence-electron chi connectivity index (χ4n) is 2.81. The second-order valence-electron chi connectivity index (χ2n) is 5.32. The Morgan fingerprint density at radius 2 is 1.91 bits per heavy atom. The van der Waals surface area contributed by atoms with Crippen LogP contribution in [0.4, 0.5) is 5.69 Å². The normalized spacial score (nSPS) is 18.1. The van der Waals surface area contributed by atoms with Crippen molar-refractivity contribution in [1.82, 2.24) is 0 Å². The third kappa shape index (κ3) is 2.39. The van der Waals surface area contributed by atoms with Crippen molar-refractivity contribution in [3.63, 3.8) is 0 Å². The van der Waals surface area contributed by atoms with Crippen molar-refractivity contribution in [3.8, 4) is 0 Å². The Morgan fingerprint density at radius 1 is 1.18 bits per heavy atom. The molecule has 4 nitrogen and oxygen atoms in total. The fourth-order valence-corrected chi connectivity index (χ4v) is 4.88. The Morgan fingerprint density at radius 3 is 2.64 bits per heavy atom. The second-order valence-corrected chi connectivity index (χ2v) is 7.56. The smallest absolute Gasteiger partial charge is 0.265 e. The summed E-state index contributed by atoms with van der Waals surface area (Å²) >= 11 is 6.07. The van der Waals surface area contributed by atoms with E-state index in [9.17, 15) is 13.5 Å². The maximum Gasteiger partial charge on any atom is 0.265 e. The number of para-hydroxylation sites is 1. The van der Waals surface area contributed by atoms with E-state index in [1.165, 1.54) is 10.4 Å². The molecule has 1 unspecified atom stereocenters. The van der Waals surface area contributed by atoms with Crippen LogP contribution >= 0.6 is 11.6 Å². The van der Waals surface area contributed by atoms with Gasteiger partial charge in [0.05, 0.1) is 16.8 Å². The number of benzene rings is 2. The molecule has 0 aromatic heterocycles. The van der Waals surface area contributed by atoms with E-state index in [1.54, 1.807) is 24.3 Å². The number of hydrogen-bond donors (Lipinski definition) is 1. The molecule has 2 aromatic rings. The summed E-state index contributed by atoms with van der Waals surface area (Å²) in [5.74, 6) is 0. The third-order valence-electron chi connectivity index (χ3n) is 3.89. The summed E-state index contributed by atoms with van der Waals surface area (Å²) in [4.78, 5) is 0.0854. The molecule has 0 amide bonds. The Balaban J connectivity index is 2.19. The molecule has 1 heterocycles. The van der Waals surface area contributed by atoms with Crippen LogP contribution in [0.3, 0.4) is 0 Å². The SMILES string of the molecule is Cc1cccc2c1N(S(=O)(=O)c1ccccc1Cl)CCC2O. The highest BCUT2D eigenvalue weighted by molar-refractivity contribution is 7.93. The summed E-state index contributed by atoms with van der Waals surface area (Å²) in [6, 6.07) is 11.8. The number of hydrogen-bond acceptors (Lipinski definition) is 3. The molecule has 0 saturated heterocycles. The molecular weight excluding hydrogens is 322 g/mol. The maximum absolute atomic E-state index is 13.0. The Labute approximate surface area is 135 Å². The standard InChI is InChI=1S/C16H16ClNO3S/c1-11-5-4-6-12-14(19)9-10-18(16(11)12)22(20,21)15-8-3-2-7-13(15)17/h2-8,14,19H,9-10H2,1H3. The van der Waals surface area contributed by atoms with Gasteiger partial charge < -0.3 is 5.11 Å². The highest BCUT2D eigenvalue weighted by atomic mass is 35.5. The van der Waals surface area contributed by atoms with Crippen LogP contribution in [0.25, 0.3) is 0 Å². The maximum atomic E-state index is 13.0. The molecule has 116 valence electrons. The zero-order valence-electron chi connectivity index (χ0n) is 12.0. The van der Waals surface area contributed by atoms with Crippen molar-refractivity contribution in [2.45, 2.75) is 24.3 Å². The fraction of sp³-hybridized carbons (Fsp3) is 0.250. The minimum absolute atomic E-state index is 0.0854. The van der Waals surface area contributed by atoms with Crippen LogP contribution in [0.15, 0.2) is 47.4 Å². The van der Waals surface area contributed by atoms with Crippen LogP contribution in [-0.4, -0.2) is 20.1 Å². The number of rotatable bonds is 2. The van der Waals surface area contributed by atoms with Crippen molar-refractivity contribution >= 4 is 27.3 Å². The average Bonchev–Trinajstić information content (AvgIpc) is 2.48. The molecule has 3 rings (SSSR count). The monoisotopic (exact) mass is 337 g/mol. The summed E-state index contributed by atoms with van der Waals surface area (Å²) in [5.41, 5.74) is 2.01. The van der Waals surface area contributed by atoms with Crippen LogP contribution in [0.5, 0.6) is 0 Å². The van der Waals surface area contributed by atoms with Gasteiger partial charge in [0, 0.05) is 12.1 Å². The molecule has 1 aliphatic heterocycles. The van der Waals surface area contributed by atoms with E-state index in [0.717, 1.165) is 5.56 Å². The molecule has 0 spiro atoms. The summed E-state index contributed by atoms with van der Waals surface area (Å²) in [6.45, 7) is 2.07. The van der Waals surface area contributed by atoms with Gasteiger partial charge in [-0.15, -0.1) is 0 Å². The average molecular weight is 338 g/mol. The summed E-state index contributed by atoms with van der Waals surface area (Å²) < 4.78 is 27.3. The highest BCUT2D eigenvalue weighted by Crippen LogP contribution is 2.40. The number of aliphatic hydroxyl groups is 1. The Bertz CT molecular complexity index is 820. The zero-order valence-corrected chi connectivity index (χ0v) is 13.6. The van der Waals surface area contributed by atoms with Crippen molar-refractivity contribution in [2.75, 3.05) is 10.8 Å². The van der Waals surface area contributed by atoms with Crippen LogP contribution in [0.1, 0.15) is 23.7 Å². The lowest BCUT2D eigenvalue weighted by Crippen LogP contribution is -2.37. The zero-order chi connectivity index (χ0) is 15.9. The number of aliphatic hydroxyl groups excluding tert-OH is 1. The van der Waals surface area contributed by atoms with Crippen molar-refractivity contribution in [1.29, 1.82) is 0 Å². The van der Waals surface area contributed by atoms with Gasteiger partial charge in [-0.1, -0.05) is 41.9 Å². The molecule has 0 fully saturated rings. The number of sulfonamides is 1.